The van der Waals surface area contributed by atoms with Crippen LogP contribution < -0.4 is 9.64 Å². The molecule has 1 saturated heterocycles. The topological polar surface area (TPSA) is 61.8 Å². The van der Waals surface area contributed by atoms with Gasteiger partial charge in [-0.2, -0.15) is 0 Å². The molecular formula is C27H37N5O2. The van der Waals surface area contributed by atoms with Crippen molar-refractivity contribution in [3.63, 3.8) is 0 Å². The van der Waals surface area contributed by atoms with Crippen LogP contribution in [0.25, 0.3) is 0 Å². The number of unbranched alkanes of at least 4 members (excludes halogenated alkanes) is 1. The molecular weight excluding hydrogens is 426 g/mol. The van der Waals surface area contributed by atoms with Crippen molar-refractivity contribution in [1.82, 2.24) is 19.8 Å². The second kappa shape index (κ2) is 10.7. The number of benzene rings is 1. The molecule has 7 nitrogen and oxygen atoms in total. The van der Waals surface area contributed by atoms with Gasteiger partial charge in [0.05, 0.1) is 12.3 Å². The summed E-state index contributed by atoms with van der Waals surface area (Å²) in [7, 11) is 0. The second-order valence-electron chi connectivity index (χ2n) is 9.77. The fraction of sp³-hybridized carbons (Fsp3) is 0.593. The van der Waals surface area contributed by atoms with Crippen molar-refractivity contribution >= 4 is 11.9 Å². The molecule has 0 unspecified atom stereocenters. The third kappa shape index (κ3) is 5.19. The number of ether oxygens (including phenoxy) is 1. The van der Waals surface area contributed by atoms with Crippen LogP contribution in [-0.4, -0.2) is 77.6 Å². The number of aromatic nitrogens is 2. The molecule has 3 aliphatic rings. The number of amides is 1. The molecule has 2 aliphatic heterocycles. The molecule has 0 radical (unpaired) electrons. The Bertz CT molecular complexity index is 967. The molecule has 0 spiro atoms. The van der Waals surface area contributed by atoms with E-state index in [1.807, 2.05) is 35.4 Å². The largest absolute Gasteiger partial charge is 0.494 e. The predicted molar refractivity (Wildman–Crippen MR) is 134 cm³/mol. The maximum Gasteiger partial charge on any atom is 0.253 e. The zero-order valence-electron chi connectivity index (χ0n) is 20.4. The smallest absolute Gasteiger partial charge is 0.253 e. The maximum absolute atomic E-state index is 13.1. The van der Waals surface area contributed by atoms with Crippen LogP contribution in [0.3, 0.4) is 0 Å². The zero-order valence-corrected chi connectivity index (χ0v) is 20.4. The van der Waals surface area contributed by atoms with Crippen LogP contribution >= 0.6 is 0 Å². The highest BCUT2D eigenvalue weighted by atomic mass is 16.5. The van der Waals surface area contributed by atoms with Crippen molar-refractivity contribution in [1.29, 1.82) is 0 Å². The predicted octanol–water partition coefficient (Wildman–Crippen LogP) is 3.57. The first-order valence-electron chi connectivity index (χ1n) is 13.1. The van der Waals surface area contributed by atoms with E-state index in [0.717, 1.165) is 75.3 Å². The minimum Gasteiger partial charge on any atom is -0.494 e. The van der Waals surface area contributed by atoms with Crippen LogP contribution in [0.4, 0.5) is 5.95 Å². The Balaban J connectivity index is 1.17. The van der Waals surface area contributed by atoms with Crippen LogP contribution in [0.1, 0.15) is 60.6 Å². The number of anilines is 1. The lowest BCUT2D eigenvalue weighted by Crippen LogP contribution is -2.52. The summed E-state index contributed by atoms with van der Waals surface area (Å²) < 4.78 is 5.73. The number of rotatable bonds is 7. The van der Waals surface area contributed by atoms with E-state index in [1.54, 1.807) is 0 Å². The average Bonchev–Trinajstić information content (AvgIpc) is 3.06. The molecule has 3 heterocycles. The van der Waals surface area contributed by atoms with E-state index in [2.05, 4.69) is 16.7 Å². The highest BCUT2D eigenvalue weighted by Gasteiger charge is 2.29. The summed E-state index contributed by atoms with van der Waals surface area (Å²) in [5.41, 5.74) is 2.98. The van der Waals surface area contributed by atoms with Gasteiger partial charge in [0.25, 0.3) is 5.91 Å². The first kappa shape index (κ1) is 23.1. The number of hydrogen-bond donors (Lipinski definition) is 0. The van der Waals surface area contributed by atoms with Gasteiger partial charge < -0.3 is 14.5 Å². The van der Waals surface area contributed by atoms with Gasteiger partial charge >= 0.3 is 0 Å². The molecule has 182 valence electrons. The summed E-state index contributed by atoms with van der Waals surface area (Å²) in [5.74, 6) is 1.75. The summed E-state index contributed by atoms with van der Waals surface area (Å²) in [6, 6.07) is 8.37. The fourth-order valence-corrected chi connectivity index (χ4v) is 5.07. The van der Waals surface area contributed by atoms with Gasteiger partial charge in [0.1, 0.15) is 5.75 Å². The zero-order chi connectivity index (χ0) is 23.3. The van der Waals surface area contributed by atoms with Crippen LogP contribution in [-0.2, 0) is 12.8 Å². The lowest BCUT2D eigenvalue weighted by atomic mass is 9.91. The Labute approximate surface area is 203 Å². The minimum absolute atomic E-state index is 0.0770. The van der Waals surface area contributed by atoms with Crippen LogP contribution in [0.5, 0.6) is 5.75 Å². The Morgan fingerprint density at radius 3 is 2.50 bits per heavy atom. The molecule has 0 N–H and O–H groups in total. The van der Waals surface area contributed by atoms with Gasteiger partial charge in [0.15, 0.2) is 0 Å². The molecule has 7 heteroatoms. The number of piperazine rings is 1. The van der Waals surface area contributed by atoms with E-state index in [0.29, 0.717) is 25.3 Å². The standard InChI is InChI=1S/C27H37N5O2/c1-2-3-19-34-24-9-7-21(8-10-24)26(33)31-13-11-22-20-28-27(29-25(22)12-14-31)32-17-15-30(16-18-32)23-5-4-6-23/h7-10,20,23H,2-6,11-19H2,1H3. The molecule has 2 fully saturated rings. The molecule has 1 aromatic heterocycles. The Hall–Kier alpha value is -2.67. The first-order chi connectivity index (χ1) is 16.7. The van der Waals surface area contributed by atoms with Crippen molar-refractivity contribution in [2.45, 2.75) is 57.9 Å². The molecule has 5 rings (SSSR count). The van der Waals surface area contributed by atoms with E-state index >= 15 is 0 Å². The Morgan fingerprint density at radius 1 is 1.03 bits per heavy atom. The van der Waals surface area contributed by atoms with Crippen molar-refractivity contribution in [2.24, 2.45) is 0 Å². The van der Waals surface area contributed by atoms with E-state index in [-0.39, 0.29) is 5.91 Å². The van der Waals surface area contributed by atoms with Crippen molar-refractivity contribution in [3.05, 3.63) is 47.3 Å². The summed E-state index contributed by atoms with van der Waals surface area (Å²) in [6.07, 6.45) is 9.82. The molecule has 0 atom stereocenters. The Kier molecular flexibility index (Phi) is 7.28. The molecule has 1 aliphatic carbocycles. The maximum atomic E-state index is 13.1. The van der Waals surface area contributed by atoms with Crippen molar-refractivity contribution in [3.8, 4) is 5.75 Å². The molecule has 0 bridgehead atoms. The van der Waals surface area contributed by atoms with E-state index in [4.69, 9.17) is 14.7 Å². The number of hydrogen-bond acceptors (Lipinski definition) is 6. The van der Waals surface area contributed by atoms with Crippen LogP contribution in [0, 0.1) is 0 Å². The van der Waals surface area contributed by atoms with Gasteiger partial charge in [-0.15, -0.1) is 0 Å². The van der Waals surface area contributed by atoms with Gasteiger partial charge in [-0.25, -0.2) is 9.97 Å². The van der Waals surface area contributed by atoms with E-state index in [9.17, 15) is 4.79 Å². The first-order valence-corrected chi connectivity index (χ1v) is 13.1. The summed E-state index contributed by atoms with van der Waals surface area (Å²) >= 11 is 0. The average molecular weight is 464 g/mol. The molecule has 1 amide bonds. The number of carbonyl (C=O) groups is 1. The second-order valence-corrected chi connectivity index (χ2v) is 9.77. The molecule has 1 aromatic carbocycles. The monoisotopic (exact) mass is 463 g/mol. The molecule has 1 saturated carbocycles. The van der Waals surface area contributed by atoms with Gasteiger partial charge in [-0.05, 0) is 55.5 Å². The minimum atomic E-state index is 0.0770. The summed E-state index contributed by atoms with van der Waals surface area (Å²) in [4.78, 5) is 29.7. The lowest BCUT2D eigenvalue weighted by molar-refractivity contribution is 0.0763. The van der Waals surface area contributed by atoms with E-state index in [1.165, 1.54) is 24.8 Å². The quantitative estimate of drug-likeness (QED) is 0.585. The fourth-order valence-electron chi connectivity index (χ4n) is 5.07. The van der Waals surface area contributed by atoms with E-state index < -0.39 is 0 Å². The highest BCUT2D eigenvalue weighted by molar-refractivity contribution is 5.94. The van der Waals surface area contributed by atoms with Crippen molar-refractivity contribution in [2.75, 3.05) is 50.8 Å². The number of nitrogens with zero attached hydrogens (tertiary/aromatic N) is 5. The molecule has 34 heavy (non-hydrogen) atoms. The lowest BCUT2D eigenvalue weighted by Gasteiger charge is -2.43. The number of fused-ring (bicyclic) bond motifs is 1. The SMILES string of the molecule is CCCCOc1ccc(C(=O)N2CCc3cnc(N4CCN(C5CCC5)CC4)nc3CC2)cc1. The van der Waals surface area contributed by atoms with Gasteiger partial charge in [-0.3, -0.25) is 9.69 Å². The third-order valence-corrected chi connectivity index (χ3v) is 7.55. The van der Waals surface area contributed by atoms with Crippen LogP contribution in [0.15, 0.2) is 30.5 Å². The summed E-state index contributed by atoms with van der Waals surface area (Å²) in [5, 5.41) is 0. The number of carbonyl (C=O) groups excluding carboxylic acids is 1. The van der Waals surface area contributed by atoms with Gasteiger partial charge in [0, 0.05) is 63.5 Å². The molecule has 2 aromatic rings. The Morgan fingerprint density at radius 2 is 1.79 bits per heavy atom. The van der Waals surface area contributed by atoms with Crippen molar-refractivity contribution < 1.29 is 9.53 Å². The highest BCUT2D eigenvalue weighted by Crippen LogP contribution is 2.26. The normalized spacial score (nSPS) is 19.3. The third-order valence-electron chi connectivity index (χ3n) is 7.55. The van der Waals surface area contributed by atoms with Gasteiger partial charge in [-0.1, -0.05) is 19.8 Å². The summed E-state index contributed by atoms with van der Waals surface area (Å²) in [6.45, 7) is 8.46. The van der Waals surface area contributed by atoms with Gasteiger partial charge in [0.2, 0.25) is 5.95 Å². The van der Waals surface area contributed by atoms with Crippen LogP contribution in [0.2, 0.25) is 0 Å².